The van der Waals surface area contributed by atoms with E-state index in [-0.39, 0.29) is 29.5 Å². The Morgan fingerprint density at radius 2 is 2.04 bits per heavy atom. The van der Waals surface area contributed by atoms with E-state index in [0.29, 0.717) is 29.6 Å². The highest BCUT2D eigenvalue weighted by Crippen LogP contribution is 2.68. The molecule has 1 aliphatic heterocycles. The number of epoxide rings is 1. The Balaban J connectivity index is 1.56. The second-order valence-electron chi connectivity index (χ2n) is 9.62. The minimum absolute atomic E-state index is 0.0197. The van der Waals surface area contributed by atoms with E-state index < -0.39 is 0 Å². The molecule has 0 spiro atoms. The van der Waals surface area contributed by atoms with Crippen LogP contribution in [0.1, 0.15) is 59.3 Å². The van der Waals surface area contributed by atoms with Crippen LogP contribution < -0.4 is 0 Å². The predicted molar refractivity (Wildman–Crippen MR) is 91.3 cm³/mol. The van der Waals surface area contributed by atoms with Gasteiger partial charge in [0.05, 0.1) is 6.10 Å². The van der Waals surface area contributed by atoms with Gasteiger partial charge in [0.2, 0.25) is 0 Å². The number of aliphatic hydroxyl groups is 1. The molecule has 0 unspecified atom stereocenters. The largest absolute Gasteiger partial charge is 0.392 e. The Morgan fingerprint density at radius 1 is 1.25 bits per heavy atom. The lowest BCUT2D eigenvalue weighted by Gasteiger charge is -2.59. The molecule has 0 aromatic heterocycles. The highest BCUT2D eigenvalue weighted by atomic mass is 16.6. The summed E-state index contributed by atoms with van der Waals surface area (Å²) in [4.78, 5) is 12.1. The maximum Gasteiger partial charge on any atom is 0.187 e. The summed E-state index contributed by atoms with van der Waals surface area (Å²) in [6, 6.07) is 0. The second-order valence-corrected chi connectivity index (χ2v) is 9.62. The Morgan fingerprint density at radius 3 is 2.79 bits per heavy atom. The predicted octanol–water partition coefficient (Wildman–Crippen LogP) is 3.50. The first-order chi connectivity index (χ1) is 11.4. The first-order valence-electron chi connectivity index (χ1n) is 9.99. The van der Waals surface area contributed by atoms with E-state index in [0.717, 1.165) is 5.92 Å². The van der Waals surface area contributed by atoms with E-state index in [1.165, 1.54) is 37.7 Å². The molecular formula is C21H30O3. The van der Waals surface area contributed by atoms with Crippen LogP contribution in [-0.2, 0) is 9.53 Å². The average Bonchev–Trinajstić information content (AvgIpc) is 3.28. The molecule has 3 nitrogen and oxygen atoms in total. The van der Waals surface area contributed by atoms with Crippen molar-refractivity contribution in [1.82, 2.24) is 0 Å². The molecule has 4 fully saturated rings. The molecule has 1 heterocycles. The molecular weight excluding hydrogens is 300 g/mol. The van der Waals surface area contributed by atoms with Gasteiger partial charge in [0, 0.05) is 5.41 Å². The molecule has 4 aliphatic carbocycles. The Bertz CT molecular complexity index is 625. The Hall–Kier alpha value is -0.670. The molecule has 0 aromatic rings. The van der Waals surface area contributed by atoms with Crippen LogP contribution in [0.15, 0.2) is 11.6 Å². The van der Waals surface area contributed by atoms with Crippen molar-refractivity contribution in [2.45, 2.75) is 77.6 Å². The zero-order valence-electron chi connectivity index (χ0n) is 15.1. The first-order valence-corrected chi connectivity index (χ1v) is 9.99. The van der Waals surface area contributed by atoms with Gasteiger partial charge in [-0.25, -0.2) is 0 Å². The quantitative estimate of drug-likeness (QED) is 0.749. The number of ether oxygens (including phenoxy) is 1. The normalized spacial score (nSPS) is 58.2. The van der Waals surface area contributed by atoms with Crippen LogP contribution in [0.5, 0.6) is 0 Å². The zero-order chi connectivity index (χ0) is 16.9. The molecule has 0 amide bonds. The number of rotatable bonds is 1. The van der Waals surface area contributed by atoms with Gasteiger partial charge < -0.3 is 9.84 Å². The number of hydrogen-bond acceptors (Lipinski definition) is 3. The number of aliphatic hydroxyl groups excluding tert-OH is 1. The number of hydrogen-bond donors (Lipinski definition) is 1. The van der Waals surface area contributed by atoms with Gasteiger partial charge in [-0.3, -0.25) is 4.79 Å². The Kier molecular flexibility index (Phi) is 3.07. The van der Waals surface area contributed by atoms with Crippen LogP contribution in [0.4, 0.5) is 0 Å². The first kappa shape index (κ1) is 15.6. The van der Waals surface area contributed by atoms with Gasteiger partial charge in [0.15, 0.2) is 5.78 Å². The summed E-state index contributed by atoms with van der Waals surface area (Å²) >= 11 is 0. The van der Waals surface area contributed by atoms with Crippen molar-refractivity contribution in [2.24, 2.45) is 34.5 Å². The van der Waals surface area contributed by atoms with Gasteiger partial charge in [-0.05, 0) is 67.3 Å². The SMILES string of the molecule is CC[C@H]1CC[C@H]2[C@@H]3[C@H](O)CC4=CC(=O)[C@@H]5O[C@@H]5[C@]4(C)[C@H]3CC[C@]12C. The number of ketones is 1. The monoisotopic (exact) mass is 330 g/mol. The van der Waals surface area contributed by atoms with Crippen molar-refractivity contribution in [2.75, 3.05) is 0 Å². The minimum atomic E-state index is -0.280. The van der Waals surface area contributed by atoms with Crippen LogP contribution >= 0.6 is 0 Å². The molecule has 3 heteroatoms. The van der Waals surface area contributed by atoms with Crippen LogP contribution in [0.2, 0.25) is 0 Å². The maximum atomic E-state index is 12.1. The fraction of sp³-hybridized carbons (Fsp3) is 0.857. The minimum Gasteiger partial charge on any atom is -0.392 e. The number of carbonyl (C=O) groups excluding carboxylic acids is 1. The molecule has 0 bridgehead atoms. The van der Waals surface area contributed by atoms with Gasteiger partial charge in [0.1, 0.15) is 12.2 Å². The highest BCUT2D eigenvalue weighted by Gasteiger charge is 2.68. The topological polar surface area (TPSA) is 49.8 Å². The van der Waals surface area contributed by atoms with Crippen molar-refractivity contribution in [3.63, 3.8) is 0 Å². The van der Waals surface area contributed by atoms with Crippen molar-refractivity contribution in [3.8, 4) is 0 Å². The third kappa shape index (κ3) is 1.69. The van der Waals surface area contributed by atoms with Crippen LogP contribution in [0.25, 0.3) is 0 Å². The Labute approximate surface area is 144 Å². The molecule has 9 atom stereocenters. The van der Waals surface area contributed by atoms with Crippen molar-refractivity contribution < 1.29 is 14.6 Å². The van der Waals surface area contributed by atoms with E-state index in [1.807, 2.05) is 6.08 Å². The van der Waals surface area contributed by atoms with Crippen LogP contribution in [0.3, 0.4) is 0 Å². The van der Waals surface area contributed by atoms with Gasteiger partial charge in [-0.1, -0.05) is 32.8 Å². The summed E-state index contributed by atoms with van der Waals surface area (Å²) in [5.41, 5.74) is 1.56. The fourth-order valence-corrected chi connectivity index (χ4v) is 7.68. The van der Waals surface area contributed by atoms with Gasteiger partial charge >= 0.3 is 0 Å². The number of carbonyl (C=O) groups is 1. The summed E-state index contributed by atoms with van der Waals surface area (Å²) in [7, 11) is 0. The van der Waals surface area contributed by atoms with E-state index in [1.54, 1.807) is 0 Å². The molecule has 1 N–H and O–H groups in total. The smallest absolute Gasteiger partial charge is 0.187 e. The molecule has 1 saturated heterocycles. The summed E-state index contributed by atoms with van der Waals surface area (Å²) in [6.07, 6.45) is 8.45. The summed E-state index contributed by atoms with van der Waals surface area (Å²) in [6.45, 7) is 7.16. The standard InChI is InChI=1S/C21H30O3/c1-4-11-5-6-13-17-14(7-8-20(11,13)2)21(3)12(9-15(17)22)10-16(23)18-19(21)24-18/h10-11,13-15,17-19,22H,4-9H2,1-3H3/t11-,13-,14-,15+,17-,18-,19-,20+,21-/m0/s1. The van der Waals surface area contributed by atoms with Crippen LogP contribution in [0, 0.1) is 34.5 Å². The van der Waals surface area contributed by atoms with Crippen molar-refractivity contribution >= 4 is 5.78 Å². The van der Waals surface area contributed by atoms with Gasteiger partial charge in [-0.15, -0.1) is 0 Å². The zero-order valence-corrected chi connectivity index (χ0v) is 15.1. The van der Waals surface area contributed by atoms with E-state index in [9.17, 15) is 9.90 Å². The average molecular weight is 330 g/mol. The molecule has 3 saturated carbocycles. The van der Waals surface area contributed by atoms with Crippen LogP contribution in [-0.4, -0.2) is 29.2 Å². The highest BCUT2D eigenvalue weighted by molar-refractivity contribution is 5.98. The summed E-state index contributed by atoms with van der Waals surface area (Å²) < 4.78 is 5.84. The second kappa shape index (κ2) is 4.73. The third-order valence-corrected chi connectivity index (χ3v) is 9.04. The summed E-state index contributed by atoms with van der Waals surface area (Å²) in [5.74, 6) is 2.46. The lowest BCUT2D eigenvalue weighted by atomic mass is 9.46. The van der Waals surface area contributed by atoms with Gasteiger partial charge in [-0.2, -0.15) is 0 Å². The summed E-state index contributed by atoms with van der Waals surface area (Å²) in [5, 5.41) is 11.1. The maximum absolute atomic E-state index is 12.1. The lowest BCUT2D eigenvalue weighted by molar-refractivity contribution is -0.119. The van der Waals surface area contributed by atoms with Crippen molar-refractivity contribution in [3.05, 3.63) is 11.6 Å². The third-order valence-electron chi connectivity index (χ3n) is 9.04. The molecule has 132 valence electrons. The van der Waals surface area contributed by atoms with E-state index in [4.69, 9.17) is 4.74 Å². The van der Waals surface area contributed by atoms with Gasteiger partial charge in [0.25, 0.3) is 0 Å². The molecule has 24 heavy (non-hydrogen) atoms. The fourth-order valence-electron chi connectivity index (χ4n) is 7.68. The lowest BCUT2D eigenvalue weighted by Crippen LogP contribution is -2.57. The number of fused-ring (bicyclic) bond motifs is 7. The molecule has 5 aliphatic rings. The van der Waals surface area contributed by atoms with E-state index >= 15 is 0 Å². The molecule has 0 aromatic carbocycles. The molecule has 5 rings (SSSR count). The van der Waals surface area contributed by atoms with Crippen molar-refractivity contribution in [1.29, 1.82) is 0 Å². The molecule has 0 radical (unpaired) electrons. The van der Waals surface area contributed by atoms with E-state index in [2.05, 4.69) is 20.8 Å².